The van der Waals surface area contributed by atoms with E-state index in [9.17, 15) is 29.1 Å². The first kappa shape index (κ1) is 38.6. The van der Waals surface area contributed by atoms with Crippen LogP contribution in [-0.4, -0.2) is 64.4 Å². The molecule has 2 atom stereocenters. The first-order chi connectivity index (χ1) is 24.8. The average molecular weight is 712 g/mol. The summed E-state index contributed by atoms with van der Waals surface area (Å²) in [6, 6.07) is 27.7. The number of hydrogen-bond donors (Lipinski definition) is 5. The number of nitrogens with one attached hydrogen (secondary N) is 3. The molecule has 4 aromatic rings. The summed E-state index contributed by atoms with van der Waals surface area (Å²) in [5.74, 6) is -4.34. The highest BCUT2D eigenvalue weighted by molar-refractivity contribution is 5.92. The molecular weight excluding hydrogens is 670 g/mol. The molecule has 272 valence electrons. The molecule has 0 fully saturated rings. The predicted molar refractivity (Wildman–Crippen MR) is 190 cm³/mol. The molecule has 4 rings (SSSR count). The molecule has 0 heterocycles. The molecule has 4 aromatic carbocycles. The molecule has 13 heteroatoms. The van der Waals surface area contributed by atoms with Crippen molar-refractivity contribution in [1.29, 1.82) is 0 Å². The van der Waals surface area contributed by atoms with Crippen LogP contribution >= 0.6 is 0 Å². The zero-order valence-electron chi connectivity index (χ0n) is 29.0. The van der Waals surface area contributed by atoms with Crippen molar-refractivity contribution in [2.24, 2.45) is 0 Å². The number of hydrogen-bond acceptors (Lipinski definition) is 8. The van der Waals surface area contributed by atoms with Crippen LogP contribution < -0.4 is 20.9 Å². The van der Waals surface area contributed by atoms with E-state index in [1.54, 1.807) is 51.1 Å². The second kappa shape index (κ2) is 18.2. The first-order valence-corrected chi connectivity index (χ1v) is 16.4. The van der Waals surface area contributed by atoms with Crippen molar-refractivity contribution < 1.29 is 48.5 Å². The summed E-state index contributed by atoms with van der Waals surface area (Å²) in [6.45, 7) is 4.28. The van der Waals surface area contributed by atoms with E-state index in [4.69, 9.17) is 19.4 Å². The standard InChI is InChI=1S/C39H41N3O10/c1-39(2,3)52-38(49)41-31(21-25-10-6-4-7-11-25)35(45)40-32(22-27-16-19-33(50-24-34(43)44)30(20-27)37(47)48)36(46)42-51-23-26-14-17-29(18-15-26)28-12-8-5-9-13-28/h4-20,31-32H,21-24H2,1-3H3,(H,40,45)(H,41,49)(H,42,46)(H,43,44)(H,47,48)/t31-,32-/m0/s1. The fourth-order valence-electron chi connectivity index (χ4n) is 5.05. The highest BCUT2D eigenvalue weighted by Crippen LogP contribution is 2.22. The number of carboxylic acids is 2. The summed E-state index contributed by atoms with van der Waals surface area (Å²) in [6.07, 6.45) is -0.986. The SMILES string of the molecule is CC(C)(C)OC(=O)N[C@@H](Cc1ccccc1)C(=O)N[C@@H](Cc1ccc(OCC(=O)O)c(C(=O)O)c1)C(=O)NOCc1ccc(-c2ccccc2)cc1. The van der Waals surface area contributed by atoms with Crippen molar-refractivity contribution >= 4 is 29.8 Å². The van der Waals surface area contributed by atoms with Crippen LogP contribution in [0.2, 0.25) is 0 Å². The van der Waals surface area contributed by atoms with Crippen molar-refractivity contribution in [3.05, 3.63) is 125 Å². The van der Waals surface area contributed by atoms with Crippen molar-refractivity contribution in [3.63, 3.8) is 0 Å². The lowest BCUT2D eigenvalue weighted by Crippen LogP contribution is -2.55. The Morgan fingerprint density at radius 1 is 0.673 bits per heavy atom. The van der Waals surface area contributed by atoms with Gasteiger partial charge in [-0.25, -0.2) is 19.9 Å². The Labute approximate surface area is 300 Å². The number of carbonyl (C=O) groups excluding carboxylic acids is 3. The zero-order valence-corrected chi connectivity index (χ0v) is 29.0. The Morgan fingerprint density at radius 3 is 1.87 bits per heavy atom. The summed E-state index contributed by atoms with van der Waals surface area (Å²) in [4.78, 5) is 68.7. The van der Waals surface area contributed by atoms with Crippen LogP contribution in [0.3, 0.4) is 0 Å². The molecule has 5 N–H and O–H groups in total. The molecule has 0 saturated heterocycles. The van der Waals surface area contributed by atoms with Crippen molar-refractivity contribution in [2.45, 2.75) is 57.9 Å². The molecule has 0 aliphatic heterocycles. The molecule has 3 amide bonds. The largest absolute Gasteiger partial charge is 0.481 e. The van der Waals surface area contributed by atoms with Crippen LogP contribution in [0.5, 0.6) is 5.75 Å². The molecular formula is C39H41N3O10. The maximum atomic E-state index is 13.8. The van der Waals surface area contributed by atoms with E-state index in [0.29, 0.717) is 5.56 Å². The van der Waals surface area contributed by atoms with Gasteiger partial charge in [0.25, 0.3) is 5.91 Å². The highest BCUT2D eigenvalue weighted by atomic mass is 16.7. The second-order valence-corrected chi connectivity index (χ2v) is 12.8. The van der Waals surface area contributed by atoms with Gasteiger partial charge in [0.05, 0.1) is 6.61 Å². The van der Waals surface area contributed by atoms with Crippen LogP contribution in [0.1, 0.15) is 47.8 Å². The van der Waals surface area contributed by atoms with Crippen LogP contribution in [0, 0.1) is 0 Å². The maximum absolute atomic E-state index is 13.8. The van der Waals surface area contributed by atoms with Crippen molar-refractivity contribution in [3.8, 4) is 16.9 Å². The number of ether oxygens (including phenoxy) is 2. The lowest BCUT2D eigenvalue weighted by Gasteiger charge is -2.25. The van der Waals surface area contributed by atoms with Gasteiger partial charge in [-0.1, -0.05) is 91.0 Å². The van der Waals surface area contributed by atoms with Crippen molar-refractivity contribution in [1.82, 2.24) is 16.1 Å². The summed E-state index contributed by atoms with van der Waals surface area (Å²) >= 11 is 0. The normalized spacial score (nSPS) is 12.1. The maximum Gasteiger partial charge on any atom is 0.408 e. The van der Waals surface area contributed by atoms with Gasteiger partial charge in [-0.05, 0) is 60.7 Å². The molecule has 0 aromatic heterocycles. The minimum absolute atomic E-state index is 0.00289. The fourth-order valence-corrected chi connectivity index (χ4v) is 5.05. The minimum atomic E-state index is -1.39. The quantitative estimate of drug-likeness (QED) is 0.0998. The number of hydroxylamine groups is 1. The molecule has 0 aliphatic rings. The third kappa shape index (κ3) is 12.3. The number of aliphatic carboxylic acids is 1. The smallest absolute Gasteiger partial charge is 0.408 e. The number of alkyl carbamates (subject to hydrolysis) is 1. The van der Waals surface area contributed by atoms with Gasteiger partial charge in [0.2, 0.25) is 5.91 Å². The molecule has 52 heavy (non-hydrogen) atoms. The van der Waals surface area contributed by atoms with E-state index in [2.05, 4.69) is 16.1 Å². The van der Waals surface area contributed by atoms with Gasteiger partial charge in [-0.2, -0.15) is 0 Å². The minimum Gasteiger partial charge on any atom is -0.481 e. The number of benzene rings is 4. The van der Waals surface area contributed by atoms with Crippen LogP contribution in [0.4, 0.5) is 4.79 Å². The molecule has 0 saturated carbocycles. The number of carboxylic acid groups (broad SMARTS) is 2. The van der Waals surface area contributed by atoms with Crippen LogP contribution in [0.25, 0.3) is 11.1 Å². The first-order valence-electron chi connectivity index (χ1n) is 16.4. The summed E-state index contributed by atoms with van der Waals surface area (Å²) < 4.78 is 10.5. The Bertz CT molecular complexity index is 1840. The third-order valence-corrected chi connectivity index (χ3v) is 7.46. The lowest BCUT2D eigenvalue weighted by molar-refractivity contribution is -0.139. The Hall–Kier alpha value is -6.21. The highest BCUT2D eigenvalue weighted by Gasteiger charge is 2.29. The van der Waals surface area contributed by atoms with E-state index in [-0.39, 0.29) is 30.8 Å². The van der Waals surface area contributed by atoms with Crippen molar-refractivity contribution in [2.75, 3.05) is 6.61 Å². The zero-order chi connectivity index (χ0) is 37.7. The summed E-state index contributed by atoms with van der Waals surface area (Å²) in [5.41, 5.74) is 5.02. The molecule has 0 aliphatic carbocycles. The molecule has 0 radical (unpaired) electrons. The Morgan fingerprint density at radius 2 is 1.25 bits per heavy atom. The van der Waals surface area contributed by atoms with Gasteiger partial charge in [-0.3, -0.25) is 14.4 Å². The number of carbonyl (C=O) groups is 5. The van der Waals surface area contributed by atoms with Gasteiger partial charge in [0, 0.05) is 12.8 Å². The topological polar surface area (TPSA) is 190 Å². The van der Waals surface area contributed by atoms with Gasteiger partial charge in [-0.15, -0.1) is 0 Å². The van der Waals surface area contributed by atoms with Crippen LogP contribution in [-0.2, 0) is 43.4 Å². The van der Waals surface area contributed by atoms with E-state index >= 15 is 0 Å². The molecule has 13 nitrogen and oxygen atoms in total. The predicted octanol–water partition coefficient (Wildman–Crippen LogP) is 4.93. The molecule has 0 bridgehead atoms. The molecule has 0 unspecified atom stereocenters. The lowest BCUT2D eigenvalue weighted by atomic mass is 10.0. The number of aromatic carboxylic acids is 1. The summed E-state index contributed by atoms with van der Waals surface area (Å²) in [5, 5.41) is 24.0. The Kier molecular flexibility index (Phi) is 13.5. The second-order valence-electron chi connectivity index (χ2n) is 12.8. The number of rotatable bonds is 16. The van der Waals surface area contributed by atoms with Gasteiger partial charge in [0.15, 0.2) is 6.61 Å². The van der Waals surface area contributed by atoms with Gasteiger partial charge in [0.1, 0.15) is 29.0 Å². The average Bonchev–Trinajstić information content (AvgIpc) is 3.10. The fraction of sp³-hybridized carbons (Fsp3) is 0.256. The van der Waals surface area contributed by atoms with E-state index in [0.717, 1.165) is 22.3 Å². The summed E-state index contributed by atoms with van der Waals surface area (Å²) in [7, 11) is 0. The third-order valence-electron chi connectivity index (χ3n) is 7.46. The van der Waals surface area contributed by atoms with E-state index in [1.807, 2.05) is 54.6 Å². The van der Waals surface area contributed by atoms with E-state index < -0.39 is 54.1 Å². The van der Waals surface area contributed by atoms with Gasteiger partial charge < -0.3 is 30.3 Å². The number of amides is 3. The van der Waals surface area contributed by atoms with Crippen LogP contribution in [0.15, 0.2) is 103 Å². The van der Waals surface area contributed by atoms with E-state index in [1.165, 1.54) is 18.2 Å². The van der Waals surface area contributed by atoms with Gasteiger partial charge >= 0.3 is 18.0 Å². The molecule has 0 spiro atoms. The monoisotopic (exact) mass is 711 g/mol. The Balaban J connectivity index is 1.54.